The van der Waals surface area contributed by atoms with Crippen molar-refractivity contribution in [3.8, 4) is 11.8 Å². The molecular weight excluding hydrogens is 831 g/mol. The highest BCUT2D eigenvalue weighted by Gasteiger charge is 2.63. The number of carbonyl (C=O) groups is 4. The number of halogens is 4. The van der Waals surface area contributed by atoms with Crippen LogP contribution in [0.1, 0.15) is 93.4 Å². The molecule has 3 heterocycles. The molecule has 0 radical (unpaired) electrons. The number of sulfonamides is 1. The second-order valence-electron chi connectivity index (χ2n) is 17.7. The number of allylic oxidation sites excluding steroid dienone is 1. The van der Waals surface area contributed by atoms with E-state index in [1.54, 1.807) is 37.3 Å². The van der Waals surface area contributed by atoms with Gasteiger partial charge in [0.15, 0.2) is 0 Å². The van der Waals surface area contributed by atoms with Crippen LogP contribution in [0, 0.1) is 17.8 Å². The van der Waals surface area contributed by atoms with Gasteiger partial charge in [0.1, 0.15) is 23.7 Å². The van der Waals surface area contributed by atoms with E-state index < -0.39 is 85.9 Å². The summed E-state index contributed by atoms with van der Waals surface area (Å²) in [4.78, 5) is 62.3. The number of carbonyl (C=O) groups excluding carboxylic acids is 4. The number of nitrogens with one attached hydrogen (secondary N) is 3. The minimum absolute atomic E-state index is 0.0528. The molecule has 2 aromatic rings. The fraction of sp³-hybridized carbons (Fsp3) is 0.634. The van der Waals surface area contributed by atoms with E-state index >= 15 is 0 Å². The molecule has 6 rings (SSSR count). The lowest BCUT2D eigenvalue weighted by Gasteiger charge is -2.34. The van der Waals surface area contributed by atoms with Gasteiger partial charge in [-0.15, -0.1) is 0 Å². The van der Waals surface area contributed by atoms with Crippen molar-refractivity contribution < 1.29 is 55.0 Å². The molecule has 19 heteroatoms. The lowest BCUT2D eigenvalue weighted by Crippen LogP contribution is -2.59. The van der Waals surface area contributed by atoms with Crippen LogP contribution in [-0.2, 0) is 29.1 Å². The summed E-state index contributed by atoms with van der Waals surface area (Å²) < 4.78 is 86.0. The smallest absolute Gasteiger partial charge is 0.427 e. The van der Waals surface area contributed by atoms with Crippen LogP contribution in [0.3, 0.4) is 0 Å². The quantitative estimate of drug-likeness (QED) is 0.240. The fourth-order valence-electron chi connectivity index (χ4n) is 7.78. The van der Waals surface area contributed by atoms with Crippen LogP contribution >= 0.6 is 11.6 Å². The summed E-state index contributed by atoms with van der Waals surface area (Å²) in [6.45, 7) is 9.88. The lowest BCUT2D eigenvalue weighted by atomic mass is 9.88. The first-order valence-electron chi connectivity index (χ1n) is 20.2. The van der Waals surface area contributed by atoms with Crippen LogP contribution in [0.15, 0.2) is 36.4 Å². The molecule has 1 aromatic carbocycles. The Morgan fingerprint density at radius 2 is 1.80 bits per heavy atom. The third-order valence-corrected chi connectivity index (χ3v) is 14.4. The number of amides is 4. The van der Waals surface area contributed by atoms with Gasteiger partial charge in [0.05, 0.1) is 17.4 Å². The van der Waals surface area contributed by atoms with Crippen molar-refractivity contribution >= 4 is 56.2 Å². The highest BCUT2D eigenvalue weighted by Crippen LogP contribution is 2.48. The number of pyridine rings is 1. The molecule has 60 heavy (non-hydrogen) atoms. The van der Waals surface area contributed by atoms with Crippen molar-refractivity contribution in [1.29, 1.82) is 0 Å². The highest BCUT2D eigenvalue weighted by atomic mass is 35.5. The summed E-state index contributed by atoms with van der Waals surface area (Å²) >= 11 is 6.56. The molecule has 0 bridgehead atoms. The third kappa shape index (κ3) is 9.43. The molecule has 2 aliphatic heterocycles. The first-order valence-corrected chi connectivity index (χ1v) is 22.1. The minimum atomic E-state index is -4.93. The molecule has 2 aliphatic carbocycles. The summed E-state index contributed by atoms with van der Waals surface area (Å²) in [7, 11) is -4.10. The Bertz CT molecular complexity index is 2170. The van der Waals surface area contributed by atoms with E-state index in [0.29, 0.717) is 61.7 Å². The van der Waals surface area contributed by atoms with Crippen molar-refractivity contribution in [3.05, 3.63) is 41.4 Å². The summed E-state index contributed by atoms with van der Waals surface area (Å²) in [6, 6.07) is 3.94. The van der Waals surface area contributed by atoms with Gasteiger partial charge in [-0.25, -0.2) is 13.2 Å². The number of hydrogen-bond acceptors (Lipinski definition) is 10. The van der Waals surface area contributed by atoms with Crippen LogP contribution in [0.25, 0.3) is 10.8 Å². The monoisotopic (exact) mass is 883 g/mol. The van der Waals surface area contributed by atoms with Gasteiger partial charge in [-0.2, -0.15) is 18.2 Å². The second kappa shape index (κ2) is 16.5. The first-order chi connectivity index (χ1) is 27.9. The van der Waals surface area contributed by atoms with E-state index in [0.717, 1.165) is 0 Å². The molecule has 1 aromatic heterocycles. The zero-order valence-electron chi connectivity index (χ0n) is 34.7. The zero-order valence-corrected chi connectivity index (χ0v) is 36.2. The number of alkyl carbamates (subject to hydrolysis) is 1. The van der Waals surface area contributed by atoms with E-state index in [-0.39, 0.29) is 43.2 Å². The number of hydrogen-bond donors (Lipinski definition) is 3. The SMILES string of the molecule is CC(C)Oc1cc2c(Cl)cccc2c(O[C@@H]2C[C@H]3C(=O)N[C@]4(C(=O)NS(=O)(=O)C5(C)CC5)C[C@H]4/C=C\CC[C@@H](C)C[C@@H](C)C(NC(=O)OC(C)(C)C(F)(F)F)C(=O)N3C2)n1. The lowest BCUT2D eigenvalue weighted by molar-refractivity contribution is -0.244. The summed E-state index contributed by atoms with van der Waals surface area (Å²) in [6.07, 6.45) is -1.83. The van der Waals surface area contributed by atoms with Crippen LogP contribution in [0.4, 0.5) is 18.0 Å². The van der Waals surface area contributed by atoms with Crippen LogP contribution in [0.2, 0.25) is 5.02 Å². The molecule has 0 spiro atoms. The van der Waals surface area contributed by atoms with E-state index in [9.17, 15) is 40.8 Å². The van der Waals surface area contributed by atoms with Gasteiger partial charge in [-0.1, -0.05) is 43.7 Å². The highest BCUT2D eigenvalue weighted by molar-refractivity contribution is 7.91. The van der Waals surface area contributed by atoms with Crippen molar-refractivity contribution in [2.45, 2.75) is 140 Å². The second-order valence-corrected chi connectivity index (χ2v) is 20.4. The summed E-state index contributed by atoms with van der Waals surface area (Å²) in [5.74, 6) is -3.50. The number of rotatable bonds is 9. The first kappa shape index (κ1) is 45.2. The van der Waals surface area contributed by atoms with Crippen molar-refractivity contribution in [1.82, 2.24) is 25.2 Å². The Kier molecular flexibility index (Phi) is 12.4. The molecule has 2 saturated carbocycles. The van der Waals surface area contributed by atoms with E-state index in [4.69, 9.17) is 25.8 Å². The van der Waals surface area contributed by atoms with Crippen molar-refractivity contribution in [2.24, 2.45) is 17.8 Å². The largest absolute Gasteiger partial charge is 0.475 e. The summed E-state index contributed by atoms with van der Waals surface area (Å²) in [5.41, 5.74) is -4.56. The van der Waals surface area contributed by atoms with Crippen LogP contribution < -0.4 is 24.8 Å². The van der Waals surface area contributed by atoms with Gasteiger partial charge >= 0.3 is 12.3 Å². The zero-order chi connectivity index (χ0) is 44.2. The molecule has 1 unspecified atom stereocenters. The fourth-order valence-corrected chi connectivity index (χ4v) is 9.32. The number of benzene rings is 1. The predicted octanol–water partition coefficient (Wildman–Crippen LogP) is 6.35. The number of alkyl halides is 3. The maximum Gasteiger partial charge on any atom is 0.427 e. The molecule has 3 fully saturated rings. The van der Waals surface area contributed by atoms with Crippen LogP contribution in [-0.4, -0.2) is 95.0 Å². The van der Waals surface area contributed by atoms with Gasteiger partial charge in [-0.05, 0) is 97.1 Å². The Hall–Kier alpha value is -4.32. The van der Waals surface area contributed by atoms with Gasteiger partial charge < -0.3 is 29.7 Å². The summed E-state index contributed by atoms with van der Waals surface area (Å²) in [5, 5.41) is 6.62. The number of nitrogens with zero attached hydrogens (tertiary/aromatic N) is 2. The number of aromatic nitrogens is 1. The maximum atomic E-state index is 14.8. The molecule has 14 nitrogen and oxygen atoms in total. The predicted molar refractivity (Wildman–Crippen MR) is 216 cm³/mol. The van der Waals surface area contributed by atoms with Gasteiger partial charge in [0.2, 0.25) is 39.2 Å². The van der Waals surface area contributed by atoms with Gasteiger partial charge in [0, 0.05) is 34.2 Å². The molecule has 330 valence electrons. The van der Waals surface area contributed by atoms with E-state index in [1.165, 1.54) is 11.8 Å². The number of ether oxygens (including phenoxy) is 3. The van der Waals surface area contributed by atoms with Gasteiger partial charge in [-0.3, -0.25) is 19.1 Å². The molecule has 3 N–H and O–H groups in total. The Morgan fingerprint density at radius 3 is 2.45 bits per heavy atom. The molecule has 7 atom stereocenters. The molecule has 4 amide bonds. The average Bonchev–Trinajstić information content (AvgIpc) is 4.01. The topological polar surface area (TPSA) is 182 Å². The average molecular weight is 884 g/mol. The molecule has 1 saturated heterocycles. The van der Waals surface area contributed by atoms with E-state index in [2.05, 4.69) is 20.3 Å². The van der Waals surface area contributed by atoms with E-state index in [1.807, 2.05) is 26.8 Å². The van der Waals surface area contributed by atoms with Crippen molar-refractivity contribution in [2.75, 3.05) is 6.54 Å². The minimum Gasteiger partial charge on any atom is -0.475 e. The maximum absolute atomic E-state index is 14.8. The molecule has 4 aliphatic rings. The molecular formula is C41H53ClF3N5O9S. The van der Waals surface area contributed by atoms with Gasteiger partial charge in [0.25, 0.3) is 5.91 Å². The Morgan fingerprint density at radius 1 is 1.10 bits per heavy atom. The van der Waals surface area contributed by atoms with Crippen LogP contribution in [0.5, 0.6) is 11.8 Å². The van der Waals surface area contributed by atoms with Crippen molar-refractivity contribution in [3.63, 3.8) is 0 Å². The normalized spacial score (nSPS) is 29.0. The number of fused-ring (bicyclic) bond motifs is 3. The Labute approximate surface area is 352 Å². The Balaban J connectivity index is 1.38. The third-order valence-electron chi connectivity index (χ3n) is 11.9. The standard InChI is InChI=1S/C41H53ClF3N5O9S/c1-22(2)57-31-19-28-27(13-10-14-29(28)42)34(46-31)58-26-18-30-33(51)48-40(36(53)49-60(55,56)39(7)15-16-39)20-25(40)12-9-8-11-23(3)17-24(4)32(35(52)50(30)21-26)47-37(54)59-38(5,6)41(43,44)45/h9-10,12-14,19,22-26,30,32H,8,11,15-18,20-21H2,1-7H3,(H,47,54)(H,48,51)(H,49,53)/b12-9-/t23-,24-,25-,26-,30+,32?,40-/m1/s1.